The van der Waals surface area contributed by atoms with Crippen molar-refractivity contribution in [1.29, 1.82) is 0 Å². The van der Waals surface area contributed by atoms with Gasteiger partial charge in [0.1, 0.15) is 5.60 Å². The predicted molar refractivity (Wildman–Crippen MR) is 140 cm³/mol. The number of nitrogens with zero attached hydrogens (tertiary/aromatic N) is 1. The maximum atomic E-state index is 13.8. The molecule has 192 valence electrons. The van der Waals surface area contributed by atoms with Crippen LogP contribution in [0.5, 0.6) is 0 Å². The standard InChI is InChI=1S/C30H38N2O4/c1-5-21-11-13-22(14-12-21)23-17-24(27(34)31-25-9-7-6-8-10-25)20-32(19-23)28(35)30(15-16-30)18-26(33)36-29(2,3)4/h6-14,23-24H,5,15-20H2,1-4H3,(H,31,34). The Labute approximate surface area is 214 Å². The van der Waals surface area contributed by atoms with E-state index in [1.54, 1.807) is 0 Å². The maximum absolute atomic E-state index is 13.8. The van der Waals surface area contributed by atoms with Gasteiger partial charge in [0.15, 0.2) is 0 Å². The molecule has 1 saturated carbocycles. The summed E-state index contributed by atoms with van der Waals surface area (Å²) in [4.78, 5) is 41.5. The second kappa shape index (κ2) is 10.5. The molecule has 1 aliphatic carbocycles. The van der Waals surface area contributed by atoms with Crippen LogP contribution in [-0.4, -0.2) is 41.4 Å². The van der Waals surface area contributed by atoms with E-state index in [4.69, 9.17) is 4.74 Å². The lowest BCUT2D eigenvalue weighted by Crippen LogP contribution is -2.49. The fourth-order valence-corrected chi connectivity index (χ4v) is 5.09. The average Bonchev–Trinajstić information content (AvgIpc) is 3.63. The van der Waals surface area contributed by atoms with Crippen molar-refractivity contribution in [1.82, 2.24) is 4.90 Å². The van der Waals surface area contributed by atoms with Gasteiger partial charge in [-0.25, -0.2) is 0 Å². The largest absolute Gasteiger partial charge is 0.460 e. The molecular formula is C30H38N2O4. The predicted octanol–water partition coefficient (Wildman–Crippen LogP) is 5.33. The number of hydrogen-bond acceptors (Lipinski definition) is 4. The van der Waals surface area contributed by atoms with E-state index in [9.17, 15) is 14.4 Å². The number of nitrogens with one attached hydrogen (secondary N) is 1. The highest BCUT2D eigenvalue weighted by Crippen LogP contribution is 2.51. The van der Waals surface area contributed by atoms with Crippen LogP contribution in [0.15, 0.2) is 54.6 Å². The van der Waals surface area contributed by atoms with E-state index in [1.165, 1.54) is 5.56 Å². The van der Waals surface area contributed by atoms with Crippen molar-refractivity contribution in [2.24, 2.45) is 11.3 Å². The summed E-state index contributed by atoms with van der Waals surface area (Å²) in [6, 6.07) is 17.9. The minimum Gasteiger partial charge on any atom is -0.460 e. The zero-order chi connectivity index (χ0) is 25.9. The summed E-state index contributed by atoms with van der Waals surface area (Å²) in [7, 11) is 0. The molecular weight excluding hydrogens is 452 g/mol. The number of likely N-dealkylation sites (tertiary alicyclic amines) is 1. The highest BCUT2D eigenvalue weighted by molar-refractivity contribution is 5.94. The first-order valence-corrected chi connectivity index (χ1v) is 13.0. The van der Waals surface area contributed by atoms with Crippen molar-refractivity contribution in [2.45, 2.75) is 71.3 Å². The number of anilines is 1. The van der Waals surface area contributed by atoms with Crippen LogP contribution >= 0.6 is 0 Å². The molecule has 6 heteroatoms. The normalized spacial score (nSPS) is 20.9. The summed E-state index contributed by atoms with van der Waals surface area (Å²) < 4.78 is 5.52. The van der Waals surface area contributed by atoms with Crippen LogP contribution in [0.1, 0.15) is 70.4 Å². The number of benzene rings is 2. The third-order valence-corrected chi connectivity index (χ3v) is 7.22. The van der Waals surface area contributed by atoms with Crippen molar-refractivity contribution in [3.05, 3.63) is 65.7 Å². The number of rotatable bonds is 7. The molecule has 2 amide bonds. The molecule has 2 aromatic carbocycles. The van der Waals surface area contributed by atoms with E-state index in [2.05, 4.69) is 36.5 Å². The van der Waals surface area contributed by atoms with Crippen LogP contribution < -0.4 is 5.32 Å². The lowest BCUT2D eigenvalue weighted by Gasteiger charge is -2.39. The van der Waals surface area contributed by atoms with Gasteiger partial charge in [-0.1, -0.05) is 49.4 Å². The van der Waals surface area contributed by atoms with Gasteiger partial charge >= 0.3 is 5.97 Å². The Hall–Kier alpha value is -3.15. The number of ether oxygens (including phenoxy) is 1. The van der Waals surface area contributed by atoms with Crippen molar-refractivity contribution < 1.29 is 19.1 Å². The second-order valence-electron chi connectivity index (χ2n) is 11.3. The molecule has 1 saturated heterocycles. The number of esters is 1. The average molecular weight is 491 g/mol. The van der Waals surface area contributed by atoms with Crippen LogP contribution in [0.2, 0.25) is 0 Å². The molecule has 1 heterocycles. The highest BCUT2D eigenvalue weighted by Gasteiger charge is 2.54. The number of carbonyl (C=O) groups excluding carboxylic acids is 3. The second-order valence-corrected chi connectivity index (χ2v) is 11.3. The molecule has 36 heavy (non-hydrogen) atoms. The number of hydrogen-bond donors (Lipinski definition) is 1. The fraction of sp³-hybridized carbons (Fsp3) is 0.500. The summed E-state index contributed by atoms with van der Waals surface area (Å²) in [5.41, 5.74) is 1.86. The summed E-state index contributed by atoms with van der Waals surface area (Å²) in [6.45, 7) is 8.54. The van der Waals surface area contributed by atoms with Crippen molar-refractivity contribution >= 4 is 23.5 Å². The SMILES string of the molecule is CCc1ccc(C2CC(C(=O)Nc3ccccc3)CN(C(=O)C3(CC(=O)OC(C)(C)C)CC3)C2)cc1. The Kier molecular flexibility index (Phi) is 7.53. The van der Waals surface area contributed by atoms with Gasteiger partial charge in [-0.3, -0.25) is 14.4 Å². The van der Waals surface area contributed by atoms with E-state index in [-0.39, 0.29) is 36.0 Å². The summed E-state index contributed by atoms with van der Waals surface area (Å²) in [5, 5.41) is 3.02. The molecule has 4 rings (SSSR count). The molecule has 0 radical (unpaired) electrons. The molecule has 2 fully saturated rings. The van der Waals surface area contributed by atoms with E-state index in [0.717, 1.165) is 17.7 Å². The molecule has 0 spiro atoms. The molecule has 2 unspecified atom stereocenters. The Bertz CT molecular complexity index is 1080. The van der Waals surface area contributed by atoms with Gasteiger partial charge in [0.25, 0.3) is 0 Å². The zero-order valence-electron chi connectivity index (χ0n) is 21.9. The molecule has 1 aliphatic heterocycles. The number of carbonyl (C=O) groups is 3. The van der Waals surface area contributed by atoms with E-state index < -0.39 is 11.0 Å². The minimum atomic E-state index is -0.698. The lowest BCUT2D eigenvalue weighted by molar-refractivity contribution is -0.159. The van der Waals surface area contributed by atoms with Crippen LogP contribution in [-0.2, 0) is 25.5 Å². The van der Waals surface area contributed by atoms with Crippen LogP contribution in [0.25, 0.3) is 0 Å². The number of piperidine rings is 1. The van der Waals surface area contributed by atoms with Crippen LogP contribution in [0.3, 0.4) is 0 Å². The Balaban J connectivity index is 1.53. The van der Waals surface area contributed by atoms with Gasteiger partial charge < -0.3 is 15.0 Å². The first-order chi connectivity index (χ1) is 17.1. The first-order valence-electron chi connectivity index (χ1n) is 13.0. The van der Waals surface area contributed by atoms with Crippen molar-refractivity contribution in [3.63, 3.8) is 0 Å². The molecule has 0 aromatic heterocycles. The Morgan fingerprint density at radius 1 is 1.00 bits per heavy atom. The van der Waals surface area contributed by atoms with Gasteiger partial charge in [-0.05, 0) is 69.7 Å². The van der Waals surface area contributed by atoms with Gasteiger partial charge in [-0.2, -0.15) is 0 Å². The number of para-hydroxylation sites is 1. The summed E-state index contributed by atoms with van der Waals surface area (Å²) in [5.74, 6) is -0.726. The van der Waals surface area contributed by atoms with Gasteiger partial charge in [0.2, 0.25) is 11.8 Å². The van der Waals surface area contributed by atoms with E-state index >= 15 is 0 Å². The van der Waals surface area contributed by atoms with Crippen molar-refractivity contribution in [3.8, 4) is 0 Å². The van der Waals surface area contributed by atoms with Crippen LogP contribution in [0.4, 0.5) is 5.69 Å². The molecule has 2 aromatic rings. The van der Waals surface area contributed by atoms with Gasteiger partial charge in [0.05, 0.1) is 17.8 Å². The molecule has 2 aliphatic rings. The summed E-state index contributed by atoms with van der Waals surface area (Å²) >= 11 is 0. The van der Waals surface area contributed by atoms with Crippen molar-refractivity contribution in [2.75, 3.05) is 18.4 Å². The quantitative estimate of drug-likeness (QED) is 0.532. The fourth-order valence-electron chi connectivity index (χ4n) is 5.09. The van der Waals surface area contributed by atoms with Gasteiger partial charge in [-0.15, -0.1) is 0 Å². The van der Waals surface area contributed by atoms with E-state index in [1.807, 2.05) is 56.0 Å². The minimum absolute atomic E-state index is 0.0271. The lowest BCUT2D eigenvalue weighted by atomic mass is 9.82. The zero-order valence-corrected chi connectivity index (χ0v) is 21.9. The highest BCUT2D eigenvalue weighted by atomic mass is 16.6. The summed E-state index contributed by atoms with van der Waals surface area (Å²) in [6.07, 6.45) is 3.09. The monoisotopic (exact) mass is 490 g/mol. The Morgan fingerprint density at radius 2 is 1.67 bits per heavy atom. The third kappa shape index (κ3) is 6.34. The van der Waals surface area contributed by atoms with Gasteiger partial charge in [0, 0.05) is 24.7 Å². The maximum Gasteiger partial charge on any atom is 0.307 e. The Morgan fingerprint density at radius 3 is 2.25 bits per heavy atom. The number of aryl methyl sites for hydroxylation is 1. The third-order valence-electron chi connectivity index (χ3n) is 7.22. The molecule has 0 bridgehead atoms. The molecule has 1 N–H and O–H groups in total. The topological polar surface area (TPSA) is 75.7 Å². The van der Waals surface area contributed by atoms with Crippen LogP contribution in [0, 0.1) is 11.3 Å². The van der Waals surface area contributed by atoms with E-state index in [0.29, 0.717) is 32.4 Å². The number of amides is 2. The first kappa shape index (κ1) is 25.9. The smallest absolute Gasteiger partial charge is 0.307 e. The molecule has 6 nitrogen and oxygen atoms in total. The molecule has 2 atom stereocenters.